The fourth-order valence-electron chi connectivity index (χ4n) is 2.20. The Balaban J connectivity index is 1.81. The number of benzene rings is 2. The molecule has 0 unspecified atom stereocenters. The van der Waals surface area contributed by atoms with E-state index < -0.39 is 0 Å². The van der Waals surface area contributed by atoms with Crippen LogP contribution in [0.15, 0.2) is 59.8 Å². The number of hydrogen-bond donors (Lipinski definition) is 1. The molecule has 122 valence electrons. The minimum absolute atomic E-state index is 0.325. The number of hydrogen-bond acceptors (Lipinski definition) is 5. The first kappa shape index (κ1) is 15.6. The predicted octanol–water partition coefficient (Wildman–Crippen LogP) is 3.03. The average molecular weight is 322 g/mol. The molecule has 0 saturated heterocycles. The summed E-state index contributed by atoms with van der Waals surface area (Å²) in [6, 6.07) is 15.2. The second kappa shape index (κ2) is 6.87. The first-order valence-corrected chi connectivity index (χ1v) is 7.37. The third-order valence-electron chi connectivity index (χ3n) is 3.55. The fraction of sp³-hybridized carbons (Fsp3) is 0.111. The van der Waals surface area contributed by atoms with E-state index in [1.165, 1.54) is 0 Å². The number of aromatic nitrogens is 2. The van der Waals surface area contributed by atoms with E-state index in [0.717, 1.165) is 28.3 Å². The first-order chi connectivity index (χ1) is 11.7. The van der Waals surface area contributed by atoms with Crippen molar-refractivity contribution in [2.45, 2.75) is 0 Å². The number of anilines is 1. The molecule has 0 radical (unpaired) electrons. The van der Waals surface area contributed by atoms with Crippen LogP contribution in [0, 0.1) is 0 Å². The van der Waals surface area contributed by atoms with Gasteiger partial charge in [-0.3, -0.25) is 0 Å². The summed E-state index contributed by atoms with van der Waals surface area (Å²) in [7, 11) is 3.27. The van der Waals surface area contributed by atoms with E-state index in [0.29, 0.717) is 5.95 Å². The molecule has 1 heterocycles. The van der Waals surface area contributed by atoms with Gasteiger partial charge in [-0.2, -0.15) is 5.10 Å². The number of nitrogens with zero attached hydrogens (tertiary/aromatic N) is 3. The van der Waals surface area contributed by atoms with Crippen molar-refractivity contribution in [3.63, 3.8) is 0 Å². The Morgan fingerprint density at radius 3 is 2.12 bits per heavy atom. The molecule has 0 saturated carbocycles. The van der Waals surface area contributed by atoms with Crippen LogP contribution in [-0.2, 0) is 0 Å². The molecule has 0 atom stereocenters. The van der Waals surface area contributed by atoms with Crippen LogP contribution in [0.3, 0.4) is 0 Å². The van der Waals surface area contributed by atoms with Crippen LogP contribution in [0.1, 0.15) is 5.56 Å². The van der Waals surface area contributed by atoms with Gasteiger partial charge in [0.05, 0.1) is 32.3 Å². The standard InChI is InChI=1S/C18H18N4O2/c1-23-15-7-3-13(4-8-15)11-20-22-12-17(21-18(22)19)14-5-9-16(24-2)10-6-14/h3-12H,1-2H3,(H2,19,21)/b20-11-. The van der Waals surface area contributed by atoms with E-state index in [9.17, 15) is 0 Å². The summed E-state index contributed by atoms with van der Waals surface area (Å²) in [6.45, 7) is 0. The molecule has 6 heteroatoms. The van der Waals surface area contributed by atoms with Crippen LogP contribution in [-0.4, -0.2) is 30.1 Å². The van der Waals surface area contributed by atoms with Crippen molar-refractivity contribution in [2.75, 3.05) is 20.0 Å². The van der Waals surface area contributed by atoms with Gasteiger partial charge in [-0.1, -0.05) is 0 Å². The van der Waals surface area contributed by atoms with E-state index in [1.54, 1.807) is 31.3 Å². The number of methoxy groups -OCH3 is 2. The highest BCUT2D eigenvalue weighted by atomic mass is 16.5. The third kappa shape index (κ3) is 3.38. The molecule has 3 rings (SSSR count). The second-order valence-corrected chi connectivity index (χ2v) is 5.08. The number of nitrogens with two attached hydrogens (primary N) is 1. The van der Waals surface area contributed by atoms with Gasteiger partial charge in [-0.15, -0.1) is 0 Å². The molecule has 0 aliphatic carbocycles. The lowest BCUT2D eigenvalue weighted by atomic mass is 10.2. The summed E-state index contributed by atoms with van der Waals surface area (Å²) < 4.78 is 11.8. The molecule has 0 fully saturated rings. The molecular formula is C18H18N4O2. The molecule has 24 heavy (non-hydrogen) atoms. The summed E-state index contributed by atoms with van der Waals surface area (Å²) in [5, 5.41) is 4.35. The van der Waals surface area contributed by atoms with Crippen molar-refractivity contribution < 1.29 is 9.47 Å². The first-order valence-electron chi connectivity index (χ1n) is 7.37. The van der Waals surface area contributed by atoms with Gasteiger partial charge < -0.3 is 15.2 Å². The van der Waals surface area contributed by atoms with Gasteiger partial charge in [0, 0.05) is 5.56 Å². The Morgan fingerprint density at radius 1 is 0.958 bits per heavy atom. The third-order valence-corrected chi connectivity index (χ3v) is 3.55. The molecule has 0 amide bonds. The molecule has 2 aromatic carbocycles. The second-order valence-electron chi connectivity index (χ2n) is 5.08. The fourth-order valence-corrected chi connectivity index (χ4v) is 2.20. The van der Waals surface area contributed by atoms with Gasteiger partial charge >= 0.3 is 0 Å². The van der Waals surface area contributed by atoms with Crippen molar-refractivity contribution >= 4 is 12.2 Å². The van der Waals surface area contributed by atoms with Gasteiger partial charge in [0.1, 0.15) is 11.5 Å². The monoisotopic (exact) mass is 322 g/mol. The normalized spacial score (nSPS) is 10.9. The number of nitrogen functional groups attached to an aromatic ring is 1. The van der Waals surface area contributed by atoms with E-state index in [2.05, 4.69) is 10.1 Å². The zero-order valence-electron chi connectivity index (χ0n) is 13.5. The lowest BCUT2D eigenvalue weighted by molar-refractivity contribution is 0.414. The van der Waals surface area contributed by atoms with E-state index in [4.69, 9.17) is 15.2 Å². The highest BCUT2D eigenvalue weighted by molar-refractivity contribution is 5.79. The van der Waals surface area contributed by atoms with Crippen LogP contribution in [0.25, 0.3) is 11.3 Å². The van der Waals surface area contributed by atoms with Gasteiger partial charge in [-0.05, 0) is 54.1 Å². The largest absolute Gasteiger partial charge is 0.497 e. The summed E-state index contributed by atoms with van der Waals surface area (Å²) >= 11 is 0. The molecule has 0 spiro atoms. The van der Waals surface area contributed by atoms with Crippen molar-refractivity contribution in [2.24, 2.45) is 5.10 Å². The average Bonchev–Trinajstić information content (AvgIpc) is 3.01. The van der Waals surface area contributed by atoms with Crippen molar-refractivity contribution in [1.82, 2.24) is 9.66 Å². The van der Waals surface area contributed by atoms with Gasteiger partial charge in [0.15, 0.2) is 0 Å². The van der Waals surface area contributed by atoms with E-state index in [1.807, 2.05) is 48.5 Å². The Hall–Kier alpha value is -3.28. The number of rotatable bonds is 5. The molecular weight excluding hydrogens is 304 g/mol. The Morgan fingerprint density at radius 2 is 1.54 bits per heavy atom. The van der Waals surface area contributed by atoms with Crippen molar-refractivity contribution in [3.8, 4) is 22.8 Å². The molecule has 0 aliphatic heterocycles. The van der Waals surface area contributed by atoms with Crippen LogP contribution in [0.4, 0.5) is 5.95 Å². The summed E-state index contributed by atoms with van der Waals surface area (Å²) in [5.74, 6) is 1.92. The highest BCUT2D eigenvalue weighted by Gasteiger charge is 2.06. The molecule has 6 nitrogen and oxygen atoms in total. The number of ether oxygens (including phenoxy) is 2. The van der Waals surface area contributed by atoms with E-state index in [-0.39, 0.29) is 0 Å². The summed E-state index contributed by atoms with van der Waals surface area (Å²) in [6.07, 6.45) is 3.51. The van der Waals surface area contributed by atoms with Crippen molar-refractivity contribution in [1.29, 1.82) is 0 Å². The Bertz CT molecular complexity index is 836. The summed E-state index contributed by atoms with van der Waals surface area (Å²) in [4.78, 5) is 4.34. The van der Waals surface area contributed by atoms with E-state index >= 15 is 0 Å². The van der Waals surface area contributed by atoms with Gasteiger partial charge in [0.25, 0.3) is 0 Å². The van der Waals surface area contributed by atoms with Crippen LogP contribution < -0.4 is 15.2 Å². The number of imidazole rings is 1. The lowest BCUT2D eigenvalue weighted by Crippen LogP contribution is -1.96. The molecule has 3 aromatic rings. The summed E-state index contributed by atoms with van der Waals surface area (Å²) in [5.41, 5.74) is 8.57. The smallest absolute Gasteiger partial charge is 0.221 e. The zero-order chi connectivity index (χ0) is 16.9. The van der Waals surface area contributed by atoms with Gasteiger partial charge in [0.2, 0.25) is 5.95 Å². The van der Waals surface area contributed by atoms with Crippen LogP contribution in [0.5, 0.6) is 11.5 Å². The molecule has 0 aliphatic rings. The predicted molar refractivity (Wildman–Crippen MR) is 94.6 cm³/mol. The molecule has 2 N–H and O–H groups in total. The SMILES string of the molecule is COc1ccc(/C=N\n2cc(-c3ccc(OC)cc3)nc2N)cc1. The Labute approximate surface area is 140 Å². The topological polar surface area (TPSA) is 74.7 Å². The van der Waals surface area contributed by atoms with Crippen LogP contribution in [0.2, 0.25) is 0 Å². The quantitative estimate of drug-likeness (QED) is 0.733. The minimum Gasteiger partial charge on any atom is -0.497 e. The molecule has 1 aromatic heterocycles. The maximum absolute atomic E-state index is 5.94. The highest BCUT2D eigenvalue weighted by Crippen LogP contribution is 2.22. The maximum atomic E-state index is 5.94. The van der Waals surface area contributed by atoms with Gasteiger partial charge in [-0.25, -0.2) is 9.66 Å². The minimum atomic E-state index is 0.325. The van der Waals surface area contributed by atoms with Crippen LogP contribution >= 0.6 is 0 Å². The Kier molecular flexibility index (Phi) is 4.47. The maximum Gasteiger partial charge on any atom is 0.221 e. The molecule has 0 bridgehead atoms. The van der Waals surface area contributed by atoms with Crippen molar-refractivity contribution in [3.05, 3.63) is 60.3 Å². The zero-order valence-corrected chi connectivity index (χ0v) is 13.5. The lowest BCUT2D eigenvalue weighted by Gasteiger charge is -2.00.